The molecule has 0 aromatic heterocycles. The van der Waals surface area contributed by atoms with Crippen LogP contribution in [0.5, 0.6) is 11.5 Å². The summed E-state index contributed by atoms with van der Waals surface area (Å²) in [6.07, 6.45) is -6.17. The third-order valence-electron chi connectivity index (χ3n) is 2.29. The van der Waals surface area contributed by atoms with Gasteiger partial charge in [0.25, 0.3) is 5.69 Å². The van der Waals surface area contributed by atoms with Gasteiger partial charge in [-0.1, -0.05) is 0 Å². The maximum atomic E-state index is 11.9. The van der Waals surface area contributed by atoms with E-state index in [1.165, 1.54) is 0 Å². The van der Waals surface area contributed by atoms with E-state index in [-0.39, 0.29) is 24.0 Å². The Morgan fingerprint density at radius 1 is 1.38 bits per heavy atom. The highest BCUT2D eigenvalue weighted by atomic mass is 19.4. The van der Waals surface area contributed by atoms with E-state index in [4.69, 9.17) is 9.47 Å². The Bertz CT molecular complexity index is 589. The molecule has 8 nitrogen and oxygen atoms in total. The van der Waals surface area contributed by atoms with Crippen LogP contribution in [0.25, 0.3) is 0 Å². The van der Waals surface area contributed by atoms with Crippen LogP contribution in [-0.2, 0) is 4.74 Å². The fourth-order valence-electron chi connectivity index (χ4n) is 1.48. The smallest absolute Gasteiger partial charge is 0.422 e. The molecule has 1 aliphatic heterocycles. The number of hydrogen-bond acceptors (Lipinski definition) is 6. The van der Waals surface area contributed by atoms with Gasteiger partial charge in [-0.05, 0) is 0 Å². The predicted octanol–water partition coefficient (Wildman–Crippen LogP) is 2.43. The summed E-state index contributed by atoms with van der Waals surface area (Å²) in [5, 5.41) is 12.7. The highest BCUT2D eigenvalue weighted by molar-refractivity contribution is 5.89. The third kappa shape index (κ3) is 3.64. The lowest BCUT2D eigenvalue weighted by molar-refractivity contribution is -0.384. The summed E-state index contributed by atoms with van der Waals surface area (Å²) in [7, 11) is 0. The number of anilines is 1. The van der Waals surface area contributed by atoms with E-state index in [0.29, 0.717) is 0 Å². The Hall–Kier alpha value is -2.72. The van der Waals surface area contributed by atoms with Crippen LogP contribution < -0.4 is 14.8 Å². The Balaban J connectivity index is 2.15. The zero-order valence-electron chi connectivity index (χ0n) is 10.1. The molecule has 11 heteroatoms. The van der Waals surface area contributed by atoms with E-state index in [0.717, 1.165) is 12.1 Å². The first-order chi connectivity index (χ1) is 9.76. The minimum absolute atomic E-state index is 0.0934. The molecule has 1 aromatic carbocycles. The van der Waals surface area contributed by atoms with E-state index in [9.17, 15) is 28.1 Å². The lowest BCUT2D eigenvalue weighted by Gasteiger charge is -2.09. The Kier molecular flexibility index (Phi) is 3.74. The first-order valence-corrected chi connectivity index (χ1v) is 5.35. The second kappa shape index (κ2) is 5.34. The van der Waals surface area contributed by atoms with Crippen molar-refractivity contribution in [2.75, 3.05) is 18.7 Å². The molecular formula is C10H7F3N2O6. The number of amides is 1. The van der Waals surface area contributed by atoms with Crippen LogP contribution in [0.15, 0.2) is 12.1 Å². The van der Waals surface area contributed by atoms with Crippen LogP contribution in [-0.4, -0.2) is 30.6 Å². The summed E-state index contributed by atoms with van der Waals surface area (Å²) in [5.74, 6) is 0.211. The molecule has 1 heterocycles. The number of carbonyl (C=O) groups excluding carboxylic acids is 1. The molecule has 0 atom stereocenters. The van der Waals surface area contributed by atoms with Crippen LogP contribution in [0.4, 0.5) is 29.3 Å². The van der Waals surface area contributed by atoms with Crippen LogP contribution in [0.3, 0.4) is 0 Å². The maximum Gasteiger partial charge on any atom is 0.422 e. The largest absolute Gasteiger partial charge is 0.454 e. The van der Waals surface area contributed by atoms with Crippen LogP contribution in [0.2, 0.25) is 0 Å². The molecule has 2 rings (SSSR count). The minimum Gasteiger partial charge on any atom is -0.454 e. The highest BCUT2D eigenvalue weighted by Crippen LogP contribution is 2.40. The fraction of sp³-hybridized carbons (Fsp3) is 0.300. The van der Waals surface area contributed by atoms with Crippen molar-refractivity contribution < 1.29 is 37.1 Å². The molecule has 0 saturated heterocycles. The standard InChI is InChI=1S/C10H7F3N2O6/c11-10(12,13)3-19-9(16)14-5-1-7-8(21-4-20-7)2-6(5)15(17)18/h1-2H,3-4H2,(H,14,16). The molecule has 0 saturated carbocycles. The number of benzene rings is 1. The zero-order chi connectivity index (χ0) is 15.6. The van der Waals surface area contributed by atoms with Crippen molar-refractivity contribution in [3.8, 4) is 11.5 Å². The summed E-state index contributed by atoms with van der Waals surface area (Å²) in [4.78, 5) is 21.2. The lowest BCUT2D eigenvalue weighted by atomic mass is 10.2. The molecule has 0 fully saturated rings. The maximum absolute atomic E-state index is 11.9. The van der Waals surface area contributed by atoms with Gasteiger partial charge in [-0.25, -0.2) is 4.79 Å². The summed E-state index contributed by atoms with van der Waals surface area (Å²) in [6, 6.07) is 2.05. The monoisotopic (exact) mass is 308 g/mol. The van der Waals surface area contributed by atoms with Crippen molar-refractivity contribution >= 4 is 17.5 Å². The summed E-state index contributed by atoms with van der Waals surface area (Å²) >= 11 is 0. The van der Waals surface area contributed by atoms with Crippen molar-refractivity contribution in [1.29, 1.82) is 0 Å². The molecule has 0 unspecified atom stereocenters. The van der Waals surface area contributed by atoms with Gasteiger partial charge in [-0.15, -0.1) is 0 Å². The van der Waals surface area contributed by atoms with Crippen molar-refractivity contribution in [1.82, 2.24) is 0 Å². The summed E-state index contributed by atoms with van der Waals surface area (Å²) in [6.45, 7) is -1.97. The van der Waals surface area contributed by atoms with E-state index in [1.54, 1.807) is 0 Å². The third-order valence-corrected chi connectivity index (χ3v) is 2.29. The van der Waals surface area contributed by atoms with Gasteiger partial charge in [0.15, 0.2) is 18.1 Å². The Morgan fingerprint density at radius 3 is 2.57 bits per heavy atom. The predicted molar refractivity (Wildman–Crippen MR) is 60.2 cm³/mol. The van der Waals surface area contributed by atoms with Gasteiger partial charge in [-0.3, -0.25) is 15.4 Å². The van der Waals surface area contributed by atoms with E-state index in [1.807, 2.05) is 5.32 Å². The van der Waals surface area contributed by atoms with Gasteiger partial charge in [-0.2, -0.15) is 13.2 Å². The molecule has 1 aliphatic rings. The average molecular weight is 308 g/mol. The lowest BCUT2D eigenvalue weighted by Crippen LogP contribution is -2.23. The Morgan fingerprint density at radius 2 is 2.00 bits per heavy atom. The molecular weight excluding hydrogens is 301 g/mol. The highest BCUT2D eigenvalue weighted by Gasteiger charge is 2.30. The number of nitrogens with one attached hydrogen (secondary N) is 1. The van der Waals surface area contributed by atoms with Crippen molar-refractivity contribution in [3.63, 3.8) is 0 Å². The van der Waals surface area contributed by atoms with Crippen molar-refractivity contribution in [2.45, 2.75) is 6.18 Å². The average Bonchev–Trinajstić information content (AvgIpc) is 2.81. The number of alkyl halides is 3. The second-order valence-electron chi connectivity index (χ2n) is 3.80. The molecule has 1 amide bonds. The van der Waals surface area contributed by atoms with Gasteiger partial charge in [0, 0.05) is 6.07 Å². The molecule has 1 aromatic rings. The number of nitro groups is 1. The van der Waals surface area contributed by atoms with Crippen LogP contribution in [0, 0.1) is 10.1 Å². The second-order valence-corrected chi connectivity index (χ2v) is 3.80. The molecule has 21 heavy (non-hydrogen) atoms. The number of rotatable bonds is 3. The fourth-order valence-corrected chi connectivity index (χ4v) is 1.48. The SMILES string of the molecule is O=C(Nc1cc2c(cc1[N+](=O)[O-])OCO2)OCC(F)(F)F. The molecule has 0 aliphatic carbocycles. The number of halogens is 3. The first kappa shape index (κ1) is 14.7. The van der Waals surface area contributed by atoms with Gasteiger partial charge in [0.05, 0.1) is 11.0 Å². The van der Waals surface area contributed by atoms with E-state index < -0.39 is 29.5 Å². The van der Waals surface area contributed by atoms with Crippen molar-refractivity contribution in [3.05, 3.63) is 22.2 Å². The number of nitro benzene ring substituents is 1. The molecule has 0 bridgehead atoms. The van der Waals surface area contributed by atoms with Gasteiger partial charge >= 0.3 is 12.3 Å². The summed E-state index contributed by atoms with van der Waals surface area (Å²) < 4.78 is 49.4. The number of fused-ring (bicyclic) bond motifs is 1. The number of ether oxygens (including phenoxy) is 3. The minimum atomic E-state index is -4.70. The van der Waals surface area contributed by atoms with Crippen molar-refractivity contribution in [2.24, 2.45) is 0 Å². The molecule has 114 valence electrons. The first-order valence-electron chi connectivity index (χ1n) is 5.35. The number of carbonyl (C=O) groups is 1. The van der Waals surface area contributed by atoms with Crippen LogP contribution >= 0.6 is 0 Å². The van der Waals surface area contributed by atoms with E-state index >= 15 is 0 Å². The normalized spacial score (nSPS) is 12.9. The van der Waals surface area contributed by atoms with Crippen LogP contribution in [0.1, 0.15) is 0 Å². The Labute approximate surface area is 114 Å². The van der Waals surface area contributed by atoms with Gasteiger partial charge in [0.1, 0.15) is 5.69 Å². The number of hydrogen-bond donors (Lipinski definition) is 1. The number of nitrogens with zero attached hydrogens (tertiary/aromatic N) is 1. The zero-order valence-corrected chi connectivity index (χ0v) is 10.1. The van der Waals surface area contributed by atoms with E-state index in [2.05, 4.69) is 4.74 Å². The summed E-state index contributed by atoms with van der Waals surface area (Å²) in [5.41, 5.74) is -0.931. The molecule has 1 N–H and O–H groups in total. The molecule has 0 spiro atoms. The topological polar surface area (TPSA) is 99.9 Å². The van der Waals surface area contributed by atoms with Gasteiger partial charge in [0.2, 0.25) is 6.79 Å². The quantitative estimate of drug-likeness (QED) is 0.680. The molecule has 0 radical (unpaired) electrons. The van der Waals surface area contributed by atoms with Gasteiger partial charge < -0.3 is 14.2 Å².